The highest BCUT2D eigenvalue weighted by molar-refractivity contribution is 6.02. The summed E-state index contributed by atoms with van der Waals surface area (Å²) in [5.41, 5.74) is 1.92. The summed E-state index contributed by atoms with van der Waals surface area (Å²) < 4.78 is 33.7. The van der Waals surface area contributed by atoms with Crippen LogP contribution in [0.3, 0.4) is 0 Å². The minimum atomic E-state index is -0.502. The van der Waals surface area contributed by atoms with Crippen molar-refractivity contribution < 1.29 is 18.1 Å². The minimum Gasteiger partial charge on any atom is -0.355 e. The number of rotatable bonds is 5. The van der Waals surface area contributed by atoms with E-state index in [2.05, 4.69) is 15.6 Å². The van der Waals surface area contributed by atoms with Gasteiger partial charge < -0.3 is 9.84 Å². The van der Waals surface area contributed by atoms with E-state index >= 15 is 0 Å². The van der Waals surface area contributed by atoms with Crippen molar-refractivity contribution in [1.29, 1.82) is 0 Å². The van der Waals surface area contributed by atoms with Crippen LogP contribution in [0.5, 0.6) is 0 Å². The Labute approximate surface area is 164 Å². The van der Waals surface area contributed by atoms with Crippen LogP contribution in [0.15, 0.2) is 65.2 Å². The number of nitrogens with zero attached hydrogens (tertiary/aromatic N) is 3. The highest BCUT2D eigenvalue weighted by atomic mass is 19.1. The van der Waals surface area contributed by atoms with Crippen LogP contribution in [0.2, 0.25) is 0 Å². The van der Waals surface area contributed by atoms with Crippen molar-refractivity contribution in [2.24, 2.45) is 0 Å². The summed E-state index contributed by atoms with van der Waals surface area (Å²) in [6.45, 7) is 2.05. The molecule has 1 N–H and O–H groups in total. The van der Waals surface area contributed by atoms with E-state index < -0.39 is 5.91 Å². The molecule has 0 bridgehead atoms. The molecule has 0 saturated carbocycles. The molecule has 0 aliphatic heterocycles. The van der Waals surface area contributed by atoms with Gasteiger partial charge in [-0.25, -0.2) is 8.78 Å². The van der Waals surface area contributed by atoms with E-state index in [0.717, 1.165) is 5.69 Å². The molecule has 2 heterocycles. The van der Waals surface area contributed by atoms with Gasteiger partial charge in [0, 0.05) is 29.0 Å². The lowest BCUT2D eigenvalue weighted by atomic mass is 10.1. The number of nitrogens with one attached hydrogen (secondary N) is 1. The van der Waals surface area contributed by atoms with Gasteiger partial charge in [0.1, 0.15) is 11.6 Å². The van der Waals surface area contributed by atoms with E-state index in [1.165, 1.54) is 36.4 Å². The van der Waals surface area contributed by atoms with Gasteiger partial charge in [0.2, 0.25) is 0 Å². The number of hydrogen-bond acceptors (Lipinski definition) is 4. The average molecular weight is 394 g/mol. The van der Waals surface area contributed by atoms with Crippen LogP contribution in [0.1, 0.15) is 21.7 Å². The maximum atomic E-state index is 13.9. The number of carbonyl (C=O) groups excluding carboxylic acids is 1. The molecule has 4 rings (SSSR count). The minimum absolute atomic E-state index is 0.0608. The van der Waals surface area contributed by atoms with Crippen molar-refractivity contribution in [2.45, 2.75) is 13.5 Å². The Morgan fingerprint density at radius 3 is 2.62 bits per heavy atom. The Kier molecular flexibility index (Phi) is 4.90. The lowest BCUT2D eigenvalue weighted by molar-refractivity contribution is 0.101. The second-order valence-electron chi connectivity index (χ2n) is 6.46. The zero-order valence-corrected chi connectivity index (χ0v) is 15.4. The molecule has 4 aromatic rings. The van der Waals surface area contributed by atoms with E-state index in [9.17, 15) is 13.6 Å². The predicted octanol–water partition coefficient (Wildman–Crippen LogP) is 4.43. The predicted molar refractivity (Wildman–Crippen MR) is 102 cm³/mol. The molecule has 0 atom stereocenters. The fourth-order valence-electron chi connectivity index (χ4n) is 2.83. The number of anilines is 1. The van der Waals surface area contributed by atoms with Gasteiger partial charge in [-0.15, -0.1) is 0 Å². The first kappa shape index (κ1) is 18.5. The topological polar surface area (TPSA) is 73.0 Å². The molecule has 29 heavy (non-hydrogen) atoms. The van der Waals surface area contributed by atoms with Crippen molar-refractivity contribution in [3.8, 4) is 11.3 Å². The van der Waals surface area contributed by atoms with Gasteiger partial charge in [0.15, 0.2) is 17.3 Å². The van der Waals surface area contributed by atoms with Gasteiger partial charge in [-0.05, 0) is 37.3 Å². The van der Waals surface area contributed by atoms with Crippen molar-refractivity contribution in [1.82, 2.24) is 14.9 Å². The second-order valence-corrected chi connectivity index (χ2v) is 6.46. The number of aromatic nitrogens is 3. The molecular formula is C21H16F2N4O2. The monoisotopic (exact) mass is 394 g/mol. The molecule has 146 valence electrons. The Balaban J connectivity index is 1.48. The SMILES string of the molecule is Cc1cc(NC(=O)c2cc(-c3ccc(F)cc3)on2)nn1Cc1ccccc1F. The molecule has 0 aliphatic carbocycles. The quantitative estimate of drug-likeness (QED) is 0.544. The van der Waals surface area contributed by atoms with E-state index in [0.29, 0.717) is 22.7 Å². The van der Waals surface area contributed by atoms with Crippen LogP contribution < -0.4 is 5.32 Å². The summed E-state index contributed by atoms with van der Waals surface area (Å²) in [5, 5.41) is 10.7. The number of benzene rings is 2. The summed E-state index contributed by atoms with van der Waals surface area (Å²) in [7, 11) is 0. The summed E-state index contributed by atoms with van der Waals surface area (Å²) in [6.07, 6.45) is 0. The normalized spacial score (nSPS) is 10.9. The summed E-state index contributed by atoms with van der Waals surface area (Å²) in [5.74, 6) is -0.527. The summed E-state index contributed by atoms with van der Waals surface area (Å²) in [4.78, 5) is 12.4. The molecule has 0 radical (unpaired) electrons. The molecule has 6 nitrogen and oxygen atoms in total. The fraction of sp³-hybridized carbons (Fsp3) is 0.0952. The third-order valence-electron chi connectivity index (χ3n) is 4.37. The average Bonchev–Trinajstić information content (AvgIpc) is 3.32. The fourth-order valence-corrected chi connectivity index (χ4v) is 2.83. The van der Waals surface area contributed by atoms with Crippen LogP contribution in [-0.4, -0.2) is 20.8 Å². The van der Waals surface area contributed by atoms with Crippen LogP contribution in [0.25, 0.3) is 11.3 Å². The van der Waals surface area contributed by atoms with Gasteiger partial charge >= 0.3 is 0 Å². The van der Waals surface area contributed by atoms with Gasteiger partial charge in [0.25, 0.3) is 5.91 Å². The lowest BCUT2D eigenvalue weighted by Gasteiger charge is -2.05. The first-order valence-corrected chi connectivity index (χ1v) is 8.81. The van der Waals surface area contributed by atoms with E-state index in [1.807, 2.05) is 6.92 Å². The molecule has 8 heteroatoms. The van der Waals surface area contributed by atoms with Crippen LogP contribution in [0.4, 0.5) is 14.6 Å². The van der Waals surface area contributed by atoms with Gasteiger partial charge in [0.05, 0.1) is 6.54 Å². The van der Waals surface area contributed by atoms with Gasteiger partial charge in [-0.1, -0.05) is 23.4 Å². The molecular weight excluding hydrogens is 378 g/mol. The number of halogens is 2. The van der Waals surface area contributed by atoms with Crippen molar-refractivity contribution in [2.75, 3.05) is 5.32 Å². The first-order valence-electron chi connectivity index (χ1n) is 8.81. The Hall–Kier alpha value is -3.81. The smallest absolute Gasteiger partial charge is 0.279 e. The van der Waals surface area contributed by atoms with Crippen LogP contribution >= 0.6 is 0 Å². The largest absolute Gasteiger partial charge is 0.355 e. The number of amides is 1. The summed E-state index contributed by atoms with van der Waals surface area (Å²) >= 11 is 0. The Bertz CT molecular complexity index is 1170. The van der Waals surface area contributed by atoms with Gasteiger partial charge in [-0.2, -0.15) is 5.10 Å². The van der Waals surface area contributed by atoms with Crippen molar-refractivity contribution >= 4 is 11.7 Å². The Morgan fingerprint density at radius 1 is 1.10 bits per heavy atom. The molecule has 0 fully saturated rings. The standard InChI is InChI=1S/C21H16F2N4O2/c1-13-10-20(25-27(13)12-15-4-2-3-5-17(15)23)24-21(28)18-11-19(29-26-18)14-6-8-16(22)9-7-14/h2-11H,12H2,1H3,(H,24,25,28). The molecule has 0 spiro atoms. The van der Waals surface area contributed by atoms with Crippen LogP contribution in [0, 0.1) is 18.6 Å². The molecule has 0 aliphatic rings. The molecule has 1 amide bonds. The van der Waals surface area contributed by atoms with Crippen molar-refractivity contribution in [3.63, 3.8) is 0 Å². The highest BCUT2D eigenvalue weighted by Crippen LogP contribution is 2.21. The zero-order valence-electron chi connectivity index (χ0n) is 15.4. The van der Waals surface area contributed by atoms with E-state index in [4.69, 9.17) is 4.52 Å². The number of hydrogen-bond donors (Lipinski definition) is 1. The maximum Gasteiger partial charge on any atom is 0.279 e. The summed E-state index contributed by atoms with van der Waals surface area (Å²) in [6, 6.07) is 15.2. The van der Waals surface area contributed by atoms with E-state index in [-0.39, 0.29) is 23.9 Å². The lowest BCUT2D eigenvalue weighted by Crippen LogP contribution is -2.13. The Morgan fingerprint density at radius 2 is 1.86 bits per heavy atom. The van der Waals surface area contributed by atoms with Gasteiger partial charge in [-0.3, -0.25) is 9.48 Å². The number of carbonyl (C=O) groups is 1. The molecule has 2 aromatic heterocycles. The molecule has 0 saturated heterocycles. The highest BCUT2D eigenvalue weighted by Gasteiger charge is 2.16. The first-order chi connectivity index (χ1) is 14.0. The van der Waals surface area contributed by atoms with E-state index in [1.54, 1.807) is 28.9 Å². The van der Waals surface area contributed by atoms with Crippen molar-refractivity contribution in [3.05, 3.63) is 89.2 Å². The number of aryl methyl sites for hydroxylation is 1. The maximum absolute atomic E-state index is 13.9. The zero-order chi connectivity index (χ0) is 20.4. The molecule has 2 aromatic carbocycles. The third kappa shape index (κ3) is 4.06. The molecule has 0 unspecified atom stereocenters. The second kappa shape index (κ2) is 7.67. The third-order valence-corrected chi connectivity index (χ3v) is 4.37. The van der Waals surface area contributed by atoms with Crippen LogP contribution in [-0.2, 0) is 6.54 Å².